The van der Waals surface area contributed by atoms with E-state index in [0.29, 0.717) is 0 Å². The van der Waals surface area contributed by atoms with Crippen molar-refractivity contribution in [3.63, 3.8) is 0 Å². The van der Waals surface area contributed by atoms with Crippen LogP contribution >= 0.6 is 22.7 Å². The Morgan fingerprint density at radius 3 is 0.655 bits per heavy atom. The quantitative estimate of drug-likeness (QED) is 0.137. The molecule has 0 N–H and O–H groups in total. The number of rotatable bonds is 9. The van der Waals surface area contributed by atoms with Crippen LogP contribution in [0.2, 0.25) is 0 Å². The van der Waals surface area contributed by atoms with E-state index >= 15 is 0 Å². The molecule has 0 aliphatic heterocycles. The smallest absolute Gasteiger partial charge is 0.0435 e. The van der Waals surface area contributed by atoms with E-state index in [9.17, 15) is 0 Å². The van der Waals surface area contributed by atoms with Crippen molar-refractivity contribution >= 4 is 22.7 Å². The summed E-state index contributed by atoms with van der Waals surface area (Å²) in [6.45, 7) is 0. The van der Waals surface area contributed by atoms with E-state index in [1.165, 1.54) is 97.4 Å². The van der Waals surface area contributed by atoms with Gasteiger partial charge in [-0.2, -0.15) is 0 Å². The van der Waals surface area contributed by atoms with Crippen molar-refractivity contribution in [3.05, 3.63) is 231 Å². The van der Waals surface area contributed by atoms with E-state index in [2.05, 4.69) is 231 Å². The Bertz CT molecular complexity index is 2740. The van der Waals surface area contributed by atoms with E-state index in [4.69, 9.17) is 0 Å². The average Bonchev–Trinajstić information content (AvgIpc) is 3.90. The first-order valence-corrected chi connectivity index (χ1v) is 21.3. The summed E-state index contributed by atoms with van der Waals surface area (Å²) in [7, 11) is 0. The lowest BCUT2D eigenvalue weighted by Gasteiger charge is -2.19. The maximum atomic E-state index is 2.33. The van der Waals surface area contributed by atoms with Crippen LogP contribution < -0.4 is 0 Å². The van der Waals surface area contributed by atoms with Gasteiger partial charge in [0.25, 0.3) is 0 Å². The Kier molecular flexibility index (Phi) is 9.78. The summed E-state index contributed by atoms with van der Waals surface area (Å²) < 4.78 is 0. The normalized spacial score (nSPS) is 11.1. The second-order valence-corrected chi connectivity index (χ2v) is 16.3. The lowest BCUT2D eigenvalue weighted by Crippen LogP contribution is -1.93. The molecule has 0 aliphatic rings. The molecule has 0 spiro atoms. The molecule has 0 unspecified atom stereocenters. The van der Waals surface area contributed by atoms with Crippen molar-refractivity contribution < 1.29 is 0 Å². The zero-order chi connectivity index (χ0) is 38.7. The lowest BCUT2D eigenvalue weighted by atomic mass is 9.82. The zero-order valence-electron chi connectivity index (χ0n) is 31.8. The molecular weight excluding hydrogens is 737 g/mol. The van der Waals surface area contributed by atoms with E-state index < -0.39 is 0 Å². The van der Waals surface area contributed by atoms with Gasteiger partial charge < -0.3 is 0 Å². The molecule has 0 bridgehead atoms. The predicted molar refractivity (Wildman–Crippen MR) is 251 cm³/mol. The first-order valence-electron chi connectivity index (χ1n) is 19.7. The van der Waals surface area contributed by atoms with Crippen LogP contribution in [0.15, 0.2) is 231 Å². The van der Waals surface area contributed by atoms with Gasteiger partial charge in [0.2, 0.25) is 0 Å². The molecular formula is C56H38S2. The van der Waals surface area contributed by atoms with Crippen LogP contribution in [0.25, 0.3) is 97.4 Å². The van der Waals surface area contributed by atoms with Gasteiger partial charge in [-0.3, -0.25) is 0 Å². The third-order valence-electron chi connectivity index (χ3n) is 10.8. The monoisotopic (exact) mass is 774 g/mol. The Balaban J connectivity index is 1.44. The van der Waals surface area contributed by atoms with Gasteiger partial charge in [-0.15, -0.1) is 22.7 Å². The first-order chi connectivity index (χ1) is 28.8. The van der Waals surface area contributed by atoms with Gasteiger partial charge in [-0.05, 0) is 55.6 Å². The molecule has 10 rings (SSSR count). The molecule has 0 amide bonds. The fourth-order valence-corrected chi connectivity index (χ4v) is 10.8. The summed E-state index contributed by atoms with van der Waals surface area (Å²) in [4.78, 5) is 5.02. The van der Waals surface area contributed by atoms with Gasteiger partial charge in [0, 0.05) is 41.8 Å². The molecule has 0 aliphatic carbocycles. The molecule has 58 heavy (non-hydrogen) atoms. The molecule has 0 radical (unpaired) electrons. The molecule has 274 valence electrons. The van der Waals surface area contributed by atoms with Crippen LogP contribution in [0.4, 0.5) is 0 Å². The number of benzene rings is 8. The summed E-state index contributed by atoms with van der Waals surface area (Å²) in [6.07, 6.45) is 0. The highest BCUT2D eigenvalue weighted by Gasteiger charge is 2.32. The maximum Gasteiger partial charge on any atom is 0.0435 e. The molecule has 8 aromatic carbocycles. The average molecular weight is 775 g/mol. The fraction of sp³-hybridized carbons (Fsp3) is 0. The molecule has 2 aromatic heterocycles. The fourth-order valence-electron chi connectivity index (χ4n) is 8.17. The Hall–Kier alpha value is -6.84. The van der Waals surface area contributed by atoms with Crippen molar-refractivity contribution in [2.24, 2.45) is 0 Å². The molecule has 2 heterocycles. The zero-order valence-corrected chi connectivity index (χ0v) is 33.4. The van der Waals surface area contributed by atoms with Crippen molar-refractivity contribution in [2.75, 3.05) is 0 Å². The van der Waals surface area contributed by atoms with Crippen molar-refractivity contribution in [3.8, 4) is 97.4 Å². The minimum absolute atomic E-state index is 1.20. The summed E-state index contributed by atoms with van der Waals surface area (Å²) in [6, 6.07) is 83.7. The van der Waals surface area contributed by atoms with Crippen molar-refractivity contribution in [1.82, 2.24) is 0 Å². The van der Waals surface area contributed by atoms with Crippen LogP contribution in [-0.2, 0) is 0 Å². The third kappa shape index (κ3) is 6.63. The summed E-state index contributed by atoms with van der Waals surface area (Å²) in [5.41, 5.74) is 17.1. The highest BCUT2D eigenvalue weighted by molar-refractivity contribution is 7.21. The minimum Gasteiger partial charge on any atom is -0.134 e. The first kappa shape index (κ1) is 35.6. The van der Waals surface area contributed by atoms with Crippen LogP contribution in [0.1, 0.15) is 0 Å². The summed E-state index contributed by atoms with van der Waals surface area (Å²) in [5.74, 6) is 0. The molecule has 0 saturated carbocycles. The molecule has 0 atom stereocenters. The summed E-state index contributed by atoms with van der Waals surface area (Å²) in [5, 5.41) is 0. The van der Waals surface area contributed by atoms with Gasteiger partial charge in [0.15, 0.2) is 0 Å². The van der Waals surface area contributed by atoms with Crippen LogP contribution in [0.5, 0.6) is 0 Å². The van der Waals surface area contributed by atoms with E-state index in [0.717, 1.165) is 0 Å². The van der Waals surface area contributed by atoms with Crippen molar-refractivity contribution in [1.29, 1.82) is 0 Å². The number of thiophene rings is 2. The lowest BCUT2D eigenvalue weighted by molar-refractivity contribution is 1.58. The molecule has 0 saturated heterocycles. The van der Waals surface area contributed by atoms with Gasteiger partial charge in [-0.1, -0.05) is 231 Å². The van der Waals surface area contributed by atoms with Crippen LogP contribution in [-0.4, -0.2) is 0 Å². The van der Waals surface area contributed by atoms with Crippen molar-refractivity contribution in [2.45, 2.75) is 0 Å². The predicted octanol–water partition coefficient (Wildman–Crippen LogP) is 16.8. The van der Waals surface area contributed by atoms with Crippen LogP contribution in [0, 0.1) is 0 Å². The highest BCUT2D eigenvalue weighted by atomic mass is 32.1. The Morgan fingerprint density at radius 2 is 0.379 bits per heavy atom. The SMILES string of the molecule is c1ccc(-c2ccccc2-c2c(-c3ccccc3)sc(-c3ccccc3)c2-c2c(-c3ccccc3)sc(-c3ccccc3)c2-c2ccccc2-c2ccccc2)cc1. The molecule has 0 fully saturated rings. The van der Waals surface area contributed by atoms with Gasteiger partial charge in [0.1, 0.15) is 0 Å². The minimum atomic E-state index is 1.20. The molecule has 10 aromatic rings. The van der Waals surface area contributed by atoms with Gasteiger partial charge in [0.05, 0.1) is 0 Å². The van der Waals surface area contributed by atoms with Crippen LogP contribution in [0.3, 0.4) is 0 Å². The number of hydrogen-bond acceptors (Lipinski definition) is 2. The van der Waals surface area contributed by atoms with E-state index in [1.807, 2.05) is 22.7 Å². The topological polar surface area (TPSA) is 0 Å². The maximum absolute atomic E-state index is 2.33. The third-order valence-corrected chi connectivity index (χ3v) is 13.3. The molecule has 0 nitrogen and oxygen atoms in total. The number of hydrogen-bond donors (Lipinski definition) is 0. The van der Waals surface area contributed by atoms with E-state index in [-0.39, 0.29) is 0 Å². The highest BCUT2D eigenvalue weighted by Crippen LogP contribution is 2.61. The second-order valence-electron chi connectivity index (χ2n) is 14.3. The second kappa shape index (κ2) is 16.0. The standard InChI is InChI=1S/C56H38S2/c1-7-23-39(24-8-1)45-35-19-21-37-47(45)49-51(55(43-31-15-5-16-32-43)57-53(49)41-27-11-3-12-28-41)52-50(48-38-22-20-36-46(48)40-25-9-2-10-26-40)54(42-29-13-4-14-30-42)58-56(52)44-33-17-6-18-34-44/h1-38H. The van der Waals surface area contributed by atoms with E-state index in [1.54, 1.807) is 0 Å². The van der Waals surface area contributed by atoms with Gasteiger partial charge >= 0.3 is 0 Å². The largest absolute Gasteiger partial charge is 0.134 e. The van der Waals surface area contributed by atoms with Gasteiger partial charge in [-0.25, -0.2) is 0 Å². The summed E-state index contributed by atoms with van der Waals surface area (Å²) >= 11 is 3.81. The Labute approximate surface area is 348 Å². The Morgan fingerprint density at radius 1 is 0.172 bits per heavy atom. The molecule has 2 heteroatoms.